The molecule has 0 aliphatic rings. The average molecular weight is 410 g/mol. The Morgan fingerprint density at radius 1 is 0.968 bits per heavy atom. The number of fused-ring (bicyclic) bond motifs is 3. The van der Waals surface area contributed by atoms with Crippen LogP contribution in [0.3, 0.4) is 0 Å². The highest BCUT2D eigenvalue weighted by atomic mass is 16.5. The van der Waals surface area contributed by atoms with Crippen molar-refractivity contribution < 1.29 is 9.53 Å². The SMILES string of the molecule is COc1cccc(C(=O)Cn2c(=O)n3nc(-c4ccccc4)nc3c3ccccc32)c1. The van der Waals surface area contributed by atoms with Crippen LogP contribution in [0.5, 0.6) is 5.75 Å². The zero-order valence-electron chi connectivity index (χ0n) is 16.7. The first-order valence-corrected chi connectivity index (χ1v) is 9.77. The number of hydrogen-bond acceptors (Lipinski definition) is 5. The molecule has 7 heteroatoms. The van der Waals surface area contributed by atoms with Crippen molar-refractivity contribution in [2.45, 2.75) is 6.54 Å². The van der Waals surface area contributed by atoms with E-state index in [1.807, 2.05) is 54.6 Å². The van der Waals surface area contributed by atoms with Crippen LogP contribution in [0.15, 0.2) is 83.7 Å². The number of carbonyl (C=O) groups is 1. The van der Waals surface area contributed by atoms with Gasteiger partial charge in [0, 0.05) is 16.5 Å². The number of nitrogens with zero attached hydrogens (tertiary/aromatic N) is 4. The summed E-state index contributed by atoms with van der Waals surface area (Å²) >= 11 is 0. The van der Waals surface area contributed by atoms with E-state index in [1.165, 1.54) is 9.08 Å². The minimum atomic E-state index is -0.417. The molecule has 0 saturated carbocycles. The van der Waals surface area contributed by atoms with E-state index >= 15 is 0 Å². The first kappa shape index (κ1) is 18.7. The van der Waals surface area contributed by atoms with Crippen molar-refractivity contribution in [1.29, 1.82) is 0 Å². The first-order chi connectivity index (χ1) is 15.2. The molecule has 3 aromatic carbocycles. The monoisotopic (exact) mass is 410 g/mol. The third kappa shape index (κ3) is 3.26. The van der Waals surface area contributed by atoms with Crippen molar-refractivity contribution in [2.24, 2.45) is 0 Å². The Kier molecular flexibility index (Phi) is 4.55. The van der Waals surface area contributed by atoms with Gasteiger partial charge in [-0.15, -0.1) is 5.10 Å². The van der Waals surface area contributed by atoms with E-state index in [-0.39, 0.29) is 12.3 Å². The van der Waals surface area contributed by atoms with E-state index in [9.17, 15) is 9.59 Å². The molecule has 0 unspecified atom stereocenters. The van der Waals surface area contributed by atoms with Gasteiger partial charge in [-0.1, -0.05) is 54.6 Å². The Morgan fingerprint density at radius 2 is 1.74 bits per heavy atom. The fourth-order valence-corrected chi connectivity index (χ4v) is 3.63. The molecule has 2 heterocycles. The maximum absolute atomic E-state index is 13.3. The first-order valence-electron chi connectivity index (χ1n) is 9.77. The normalized spacial score (nSPS) is 11.1. The molecular weight excluding hydrogens is 392 g/mol. The summed E-state index contributed by atoms with van der Waals surface area (Å²) in [4.78, 5) is 30.9. The van der Waals surface area contributed by atoms with Crippen LogP contribution in [-0.4, -0.2) is 32.1 Å². The van der Waals surface area contributed by atoms with Gasteiger partial charge in [-0.25, -0.2) is 9.78 Å². The second-order valence-electron chi connectivity index (χ2n) is 7.08. The number of rotatable bonds is 5. The van der Waals surface area contributed by atoms with Gasteiger partial charge in [-0.05, 0) is 24.3 Å². The lowest BCUT2D eigenvalue weighted by Crippen LogP contribution is -2.30. The third-order valence-electron chi connectivity index (χ3n) is 5.18. The van der Waals surface area contributed by atoms with E-state index in [0.717, 1.165) is 10.9 Å². The van der Waals surface area contributed by atoms with Crippen LogP contribution in [0.1, 0.15) is 10.4 Å². The molecule has 5 rings (SSSR count). The van der Waals surface area contributed by atoms with Crippen LogP contribution >= 0.6 is 0 Å². The van der Waals surface area contributed by atoms with Crippen molar-refractivity contribution in [3.63, 3.8) is 0 Å². The second kappa shape index (κ2) is 7.53. The Hall–Kier alpha value is -4.26. The van der Waals surface area contributed by atoms with Crippen molar-refractivity contribution >= 4 is 22.3 Å². The van der Waals surface area contributed by atoms with Crippen LogP contribution in [0.4, 0.5) is 0 Å². The van der Waals surface area contributed by atoms with E-state index in [2.05, 4.69) is 10.1 Å². The molecule has 152 valence electrons. The average Bonchev–Trinajstić information content (AvgIpc) is 3.28. The summed E-state index contributed by atoms with van der Waals surface area (Å²) in [6, 6.07) is 23.8. The molecule has 0 saturated heterocycles. The van der Waals surface area contributed by atoms with Crippen LogP contribution in [0.2, 0.25) is 0 Å². The Labute approximate surface area is 177 Å². The number of hydrogen-bond donors (Lipinski definition) is 0. The number of Topliss-reactive ketones (excluding diaryl/α,β-unsaturated/α-hetero) is 1. The zero-order chi connectivity index (χ0) is 21.4. The molecule has 0 aliphatic carbocycles. The summed E-state index contributed by atoms with van der Waals surface area (Å²) in [5.74, 6) is 0.843. The van der Waals surface area contributed by atoms with Crippen molar-refractivity contribution in [3.8, 4) is 17.1 Å². The third-order valence-corrected chi connectivity index (χ3v) is 5.18. The van der Waals surface area contributed by atoms with Gasteiger partial charge in [0.2, 0.25) is 0 Å². The molecule has 2 aromatic heterocycles. The molecule has 7 nitrogen and oxygen atoms in total. The molecule has 5 aromatic rings. The minimum Gasteiger partial charge on any atom is -0.497 e. The highest BCUT2D eigenvalue weighted by Gasteiger charge is 2.18. The van der Waals surface area contributed by atoms with Crippen LogP contribution in [0, 0.1) is 0 Å². The van der Waals surface area contributed by atoms with Gasteiger partial charge in [0.05, 0.1) is 19.2 Å². The molecule has 0 spiro atoms. The van der Waals surface area contributed by atoms with Gasteiger partial charge in [0.1, 0.15) is 5.75 Å². The van der Waals surface area contributed by atoms with Crippen molar-refractivity contribution in [3.05, 3.63) is 94.9 Å². The zero-order valence-corrected chi connectivity index (χ0v) is 16.7. The van der Waals surface area contributed by atoms with Gasteiger partial charge in [0.25, 0.3) is 0 Å². The molecule has 31 heavy (non-hydrogen) atoms. The highest BCUT2D eigenvalue weighted by Crippen LogP contribution is 2.21. The Morgan fingerprint density at radius 3 is 2.55 bits per heavy atom. The van der Waals surface area contributed by atoms with Crippen molar-refractivity contribution in [2.75, 3.05) is 7.11 Å². The summed E-state index contributed by atoms with van der Waals surface area (Å²) in [6.45, 7) is -0.122. The summed E-state index contributed by atoms with van der Waals surface area (Å²) in [5.41, 5.74) is 1.96. The van der Waals surface area contributed by atoms with E-state index in [0.29, 0.717) is 28.3 Å². The lowest BCUT2D eigenvalue weighted by atomic mass is 10.1. The lowest BCUT2D eigenvalue weighted by molar-refractivity contribution is 0.0971. The van der Waals surface area contributed by atoms with E-state index in [4.69, 9.17) is 4.74 Å². The van der Waals surface area contributed by atoms with Gasteiger partial charge in [-0.2, -0.15) is 4.52 Å². The predicted octanol–water partition coefficient (Wildman–Crippen LogP) is 3.60. The summed E-state index contributed by atoms with van der Waals surface area (Å²) in [6.07, 6.45) is 0. The number of methoxy groups -OCH3 is 1. The topological polar surface area (TPSA) is 78.5 Å². The maximum Gasteiger partial charge on any atom is 0.351 e. The minimum absolute atomic E-state index is 0.122. The van der Waals surface area contributed by atoms with Gasteiger partial charge >= 0.3 is 5.69 Å². The summed E-state index contributed by atoms with van der Waals surface area (Å²) in [5, 5.41) is 5.19. The van der Waals surface area contributed by atoms with E-state index in [1.54, 1.807) is 31.4 Å². The summed E-state index contributed by atoms with van der Waals surface area (Å²) < 4.78 is 7.91. The van der Waals surface area contributed by atoms with Crippen LogP contribution in [0.25, 0.3) is 27.9 Å². The standard InChI is InChI=1S/C24H18N4O3/c1-31-18-11-7-10-17(14-18)21(29)15-27-20-13-6-5-12-19(20)23-25-22(26-28(23)24(27)30)16-8-3-2-4-9-16/h2-14H,15H2,1H3. The molecule has 0 radical (unpaired) electrons. The highest BCUT2D eigenvalue weighted by molar-refractivity contribution is 5.98. The number of ketones is 1. The molecule has 0 N–H and O–H groups in total. The quantitative estimate of drug-likeness (QED) is 0.414. The number of para-hydroxylation sites is 1. The largest absolute Gasteiger partial charge is 0.497 e. The number of aromatic nitrogens is 4. The fraction of sp³-hybridized carbons (Fsp3) is 0.0833. The number of carbonyl (C=O) groups excluding carboxylic acids is 1. The van der Waals surface area contributed by atoms with Crippen molar-refractivity contribution in [1.82, 2.24) is 19.2 Å². The molecule has 0 amide bonds. The second-order valence-corrected chi connectivity index (χ2v) is 7.08. The predicted molar refractivity (Wildman–Crippen MR) is 118 cm³/mol. The summed E-state index contributed by atoms with van der Waals surface area (Å²) in [7, 11) is 1.55. The Bertz CT molecular complexity index is 1490. The molecule has 0 atom stereocenters. The number of ether oxygens (including phenoxy) is 1. The fourth-order valence-electron chi connectivity index (χ4n) is 3.63. The molecule has 0 fully saturated rings. The van der Waals surface area contributed by atoms with Gasteiger partial charge in [0.15, 0.2) is 17.3 Å². The molecular formula is C24H18N4O3. The maximum atomic E-state index is 13.3. The Balaban J connectivity index is 1.68. The number of benzene rings is 3. The van der Waals surface area contributed by atoms with Crippen LogP contribution in [-0.2, 0) is 6.54 Å². The molecule has 0 aliphatic heterocycles. The van der Waals surface area contributed by atoms with Gasteiger partial charge in [-0.3, -0.25) is 9.36 Å². The van der Waals surface area contributed by atoms with E-state index < -0.39 is 5.69 Å². The van der Waals surface area contributed by atoms with Gasteiger partial charge < -0.3 is 4.74 Å². The van der Waals surface area contributed by atoms with Crippen LogP contribution < -0.4 is 10.4 Å². The smallest absolute Gasteiger partial charge is 0.351 e. The molecule has 0 bridgehead atoms. The lowest BCUT2D eigenvalue weighted by Gasteiger charge is -2.11.